The number of rotatable bonds is 13. The van der Waals surface area contributed by atoms with Gasteiger partial charge in [0, 0.05) is 11.4 Å². The summed E-state index contributed by atoms with van der Waals surface area (Å²) in [7, 11) is 0. The van der Waals surface area contributed by atoms with E-state index in [0.717, 1.165) is 16.0 Å². The minimum absolute atomic E-state index is 0.0791. The summed E-state index contributed by atoms with van der Waals surface area (Å²) in [6.07, 6.45) is 2.14. The molecule has 4 rings (SSSR count). The van der Waals surface area contributed by atoms with Crippen LogP contribution in [0.25, 0.3) is 6.08 Å². The van der Waals surface area contributed by atoms with E-state index in [-0.39, 0.29) is 40.3 Å². The van der Waals surface area contributed by atoms with E-state index in [1.165, 1.54) is 24.3 Å². The first kappa shape index (κ1) is 35.1. The zero-order valence-corrected chi connectivity index (χ0v) is 27.9. The maximum Gasteiger partial charge on any atom is 0.339 e. The van der Waals surface area contributed by atoms with E-state index < -0.39 is 29.6 Å². The van der Waals surface area contributed by atoms with Crippen molar-refractivity contribution in [2.75, 3.05) is 37.0 Å². The van der Waals surface area contributed by atoms with Crippen LogP contribution in [0.15, 0.2) is 59.5 Å². The second-order valence-corrected chi connectivity index (χ2v) is 11.8. The van der Waals surface area contributed by atoms with Crippen LogP contribution in [0.1, 0.15) is 47.3 Å². The molecule has 1 aliphatic heterocycles. The lowest BCUT2D eigenvalue weighted by Crippen LogP contribution is -2.36. The highest BCUT2D eigenvalue weighted by atomic mass is 35.5. The SMILES string of the molecule is CCCOC(=O)c1cc(NC(=O)CN2C(=O)S/C(=C/c3ccc(OCC(=O)Nc4ccc(C)c(C)c4)c(OCC)c3)C2=O)ccc1Cl. The van der Waals surface area contributed by atoms with Gasteiger partial charge < -0.3 is 24.8 Å². The number of benzene rings is 3. The molecule has 0 spiro atoms. The Hall–Kier alpha value is -4.81. The molecule has 0 saturated carbocycles. The second-order valence-electron chi connectivity index (χ2n) is 10.4. The largest absolute Gasteiger partial charge is 0.490 e. The molecule has 4 amide bonds. The van der Waals surface area contributed by atoms with Crippen molar-refractivity contribution >= 4 is 69.7 Å². The number of nitrogens with one attached hydrogen (secondary N) is 2. The van der Waals surface area contributed by atoms with E-state index in [1.807, 2.05) is 39.0 Å². The van der Waals surface area contributed by atoms with Crippen molar-refractivity contribution in [3.63, 3.8) is 0 Å². The van der Waals surface area contributed by atoms with Gasteiger partial charge in [-0.2, -0.15) is 0 Å². The molecule has 47 heavy (non-hydrogen) atoms. The molecule has 0 atom stereocenters. The summed E-state index contributed by atoms with van der Waals surface area (Å²) in [5.74, 6) is -1.59. The van der Waals surface area contributed by atoms with Gasteiger partial charge in [-0.25, -0.2) is 4.79 Å². The van der Waals surface area contributed by atoms with Crippen molar-refractivity contribution < 1.29 is 38.2 Å². The number of thioether (sulfide) groups is 1. The van der Waals surface area contributed by atoms with E-state index in [1.54, 1.807) is 25.1 Å². The molecule has 2 N–H and O–H groups in total. The molecule has 1 fully saturated rings. The number of carbonyl (C=O) groups excluding carboxylic acids is 5. The van der Waals surface area contributed by atoms with E-state index in [0.29, 0.717) is 47.5 Å². The van der Waals surface area contributed by atoms with Gasteiger partial charge in [-0.15, -0.1) is 0 Å². The van der Waals surface area contributed by atoms with Crippen LogP contribution in [-0.4, -0.2) is 60.2 Å². The molecule has 1 heterocycles. The van der Waals surface area contributed by atoms with Crippen LogP contribution >= 0.6 is 23.4 Å². The number of amides is 4. The number of halogens is 1. The first-order chi connectivity index (χ1) is 22.5. The summed E-state index contributed by atoms with van der Waals surface area (Å²) in [5, 5.41) is 4.93. The molecule has 0 radical (unpaired) electrons. The third-order valence-electron chi connectivity index (χ3n) is 6.80. The standard InChI is InChI=1S/C34H34ClN3O8S/c1-5-13-45-33(42)25-17-24(10-11-26(25)35)36-30(39)18-38-32(41)29(47-34(38)43)16-22-8-12-27(28(15-22)44-6-2)46-19-31(40)37-23-9-7-20(3)21(4)14-23/h7-12,14-17H,5-6,13,18-19H2,1-4H3,(H,36,39)(H,37,40)/b29-16+. The summed E-state index contributed by atoms with van der Waals surface area (Å²) >= 11 is 6.81. The Bertz CT molecular complexity index is 1740. The van der Waals surface area contributed by atoms with Crippen LogP contribution in [0.5, 0.6) is 11.5 Å². The van der Waals surface area contributed by atoms with Crippen molar-refractivity contribution in [1.29, 1.82) is 0 Å². The van der Waals surface area contributed by atoms with Gasteiger partial charge in [0.1, 0.15) is 6.54 Å². The Morgan fingerprint density at radius 2 is 1.60 bits per heavy atom. The average molecular weight is 680 g/mol. The van der Waals surface area contributed by atoms with E-state index in [2.05, 4.69) is 10.6 Å². The van der Waals surface area contributed by atoms with Crippen LogP contribution in [0.4, 0.5) is 16.2 Å². The fourth-order valence-electron chi connectivity index (χ4n) is 4.33. The Balaban J connectivity index is 1.39. The number of nitrogens with zero attached hydrogens (tertiary/aromatic N) is 1. The van der Waals surface area contributed by atoms with Crippen LogP contribution in [0, 0.1) is 13.8 Å². The number of imide groups is 1. The molecule has 3 aromatic rings. The van der Waals surface area contributed by atoms with Crippen molar-refractivity contribution in [1.82, 2.24) is 4.90 Å². The van der Waals surface area contributed by atoms with Gasteiger partial charge in [-0.1, -0.05) is 30.7 Å². The zero-order chi connectivity index (χ0) is 34.1. The highest BCUT2D eigenvalue weighted by Gasteiger charge is 2.36. The first-order valence-electron chi connectivity index (χ1n) is 14.8. The minimum Gasteiger partial charge on any atom is -0.490 e. The van der Waals surface area contributed by atoms with E-state index in [9.17, 15) is 24.0 Å². The maximum absolute atomic E-state index is 13.1. The average Bonchev–Trinajstić information content (AvgIpc) is 3.29. The monoisotopic (exact) mass is 679 g/mol. The lowest BCUT2D eigenvalue weighted by atomic mass is 10.1. The number of ether oxygens (including phenoxy) is 3. The third-order valence-corrected chi connectivity index (χ3v) is 8.03. The molecule has 11 nitrogen and oxygen atoms in total. The molecule has 3 aromatic carbocycles. The highest BCUT2D eigenvalue weighted by molar-refractivity contribution is 8.18. The van der Waals surface area contributed by atoms with Gasteiger partial charge in [-0.05, 0) is 104 Å². The van der Waals surface area contributed by atoms with E-state index in [4.69, 9.17) is 25.8 Å². The van der Waals surface area contributed by atoms with Gasteiger partial charge in [0.2, 0.25) is 5.91 Å². The predicted molar refractivity (Wildman–Crippen MR) is 181 cm³/mol. The normalized spacial score (nSPS) is 13.5. The van der Waals surface area contributed by atoms with Crippen LogP contribution in [-0.2, 0) is 19.1 Å². The zero-order valence-electron chi connectivity index (χ0n) is 26.3. The smallest absolute Gasteiger partial charge is 0.339 e. The molecule has 0 bridgehead atoms. The number of carbonyl (C=O) groups is 5. The summed E-state index contributed by atoms with van der Waals surface area (Å²) < 4.78 is 16.5. The van der Waals surface area contributed by atoms with Gasteiger partial charge in [0.25, 0.3) is 17.1 Å². The lowest BCUT2D eigenvalue weighted by Gasteiger charge is -2.14. The fourth-order valence-corrected chi connectivity index (χ4v) is 5.36. The Kier molecular flexibility index (Phi) is 12.0. The van der Waals surface area contributed by atoms with Crippen LogP contribution < -0.4 is 20.1 Å². The summed E-state index contributed by atoms with van der Waals surface area (Å²) in [4.78, 5) is 64.3. The highest BCUT2D eigenvalue weighted by Crippen LogP contribution is 2.35. The number of esters is 1. The number of aryl methyl sites for hydroxylation is 2. The minimum atomic E-state index is -0.648. The lowest BCUT2D eigenvalue weighted by molar-refractivity contribution is -0.127. The number of hydrogen-bond donors (Lipinski definition) is 2. The van der Waals surface area contributed by atoms with Crippen molar-refractivity contribution in [3.05, 3.63) is 86.8 Å². The molecule has 1 saturated heterocycles. The van der Waals surface area contributed by atoms with Gasteiger partial charge in [0.05, 0.1) is 28.7 Å². The van der Waals surface area contributed by atoms with Crippen molar-refractivity contribution in [3.8, 4) is 11.5 Å². The number of anilines is 2. The molecule has 0 aliphatic carbocycles. The topological polar surface area (TPSA) is 140 Å². The van der Waals surface area contributed by atoms with E-state index >= 15 is 0 Å². The molecule has 0 aromatic heterocycles. The molecular formula is C34H34ClN3O8S. The molecular weight excluding hydrogens is 646 g/mol. The summed E-state index contributed by atoms with van der Waals surface area (Å²) in [6.45, 7) is 7.34. The number of hydrogen-bond acceptors (Lipinski definition) is 9. The third kappa shape index (κ3) is 9.36. The van der Waals surface area contributed by atoms with Gasteiger partial charge in [-0.3, -0.25) is 24.1 Å². The summed E-state index contributed by atoms with van der Waals surface area (Å²) in [5.41, 5.74) is 3.70. The molecule has 0 unspecified atom stereocenters. The maximum atomic E-state index is 13.1. The molecule has 246 valence electrons. The second kappa shape index (κ2) is 16.1. The van der Waals surface area contributed by atoms with Crippen LogP contribution in [0.2, 0.25) is 5.02 Å². The predicted octanol–water partition coefficient (Wildman–Crippen LogP) is 6.61. The Labute approximate surface area is 281 Å². The Morgan fingerprint density at radius 1 is 0.872 bits per heavy atom. The van der Waals surface area contributed by atoms with Crippen LogP contribution in [0.3, 0.4) is 0 Å². The van der Waals surface area contributed by atoms with Crippen molar-refractivity contribution in [2.24, 2.45) is 0 Å². The summed E-state index contributed by atoms with van der Waals surface area (Å²) in [6, 6.07) is 14.8. The van der Waals surface area contributed by atoms with Gasteiger partial charge >= 0.3 is 5.97 Å². The quantitative estimate of drug-likeness (QED) is 0.151. The Morgan fingerprint density at radius 3 is 2.32 bits per heavy atom. The first-order valence-corrected chi connectivity index (χ1v) is 16.0. The molecule has 13 heteroatoms. The fraction of sp³-hybridized carbons (Fsp3) is 0.265. The van der Waals surface area contributed by atoms with Crippen molar-refractivity contribution in [2.45, 2.75) is 34.1 Å². The van der Waals surface area contributed by atoms with Gasteiger partial charge in [0.15, 0.2) is 18.1 Å². The molecule has 1 aliphatic rings.